The van der Waals surface area contributed by atoms with Crippen molar-refractivity contribution in [1.29, 1.82) is 0 Å². The van der Waals surface area contributed by atoms with Crippen molar-refractivity contribution in [2.75, 3.05) is 7.11 Å². The van der Waals surface area contributed by atoms with Crippen LogP contribution in [0.25, 0.3) is 10.9 Å². The lowest BCUT2D eigenvalue weighted by Crippen LogP contribution is -2.52. The normalized spacial score (nSPS) is 13.1. The summed E-state index contributed by atoms with van der Waals surface area (Å²) < 4.78 is 21.7. The van der Waals surface area contributed by atoms with Crippen molar-refractivity contribution in [1.82, 2.24) is 9.22 Å². The number of alkyl halides is 1. The summed E-state index contributed by atoms with van der Waals surface area (Å²) in [5.74, 6) is -0.454. The number of methoxy groups -OCH3 is 1. The Kier molecular flexibility index (Phi) is 6.27. The highest BCUT2D eigenvalue weighted by Crippen LogP contribution is 2.28. The van der Waals surface area contributed by atoms with Crippen molar-refractivity contribution in [3.8, 4) is 5.88 Å². The molecule has 2 heterocycles. The molecule has 152 valence electrons. The third-order valence-corrected chi connectivity index (χ3v) is 8.56. The van der Waals surface area contributed by atoms with Gasteiger partial charge in [-0.15, -0.1) is 0 Å². The highest BCUT2D eigenvalue weighted by Gasteiger charge is 2.36. The van der Waals surface area contributed by atoms with E-state index in [-0.39, 0.29) is 5.56 Å². The lowest BCUT2D eigenvalue weighted by molar-refractivity contribution is 0.395. The molecule has 0 radical (unpaired) electrons. The predicted octanol–water partition coefficient (Wildman–Crippen LogP) is 4.89. The Bertz CT molecular complexity index is 1080. The summed E-state index contributed by atoms with van der Waals surface area (Å²) in [5, 5.41) is 0.828. The van der Waals surface area contributed by atoms with Gasteiger partial charge in [0.2, 0.25) is 11.4 Å². The van der Waals surface area contributed by atoms with E-state index in [1.165, 1.54) is 6.07 Å². The molecular weight excluding hydrogens is 385 g/mol. The zero-order valence-corrected chi connectivity index (χ0v) is 18.2. The van der Waals surface area contributed by atoms with Gasteiger partial charge in [0.1, 0.15) is 5.79 Å². The van der Waals surface area contributed by atoms with E-state index in [0.717, 1.165) is 28.6 Å². The summed E-state index contributed by atoms with van der Waals surface area (Å²) in [6.45, 7) is 5.78. The van der Waals surface area contributed by atoms with Crippen LogP contribution in [0.4, 0.5) is 10.1 Å². The molecule has 1 unspecified atom stereocenters. The smallest absolute Gasteiger partial charge is 0.243 e. The van der Waals surface area contributed by atoms with E-state index in [0.29, 0.717) is 12.3 Å². The predicted molar refractivity (Wildman–Crippen MR) is 119 cm³/mol. The van der Waals surface area contributed by atoms with Gasteiger partial charge in [-0.05, 0) is 43.8 Å². The molecule has 0 spiro atoms. The second kappa shape index (κ2) is 8.69. The molecule has 1 aromatic carbocycles. The van der Waals surface area contributed by atoms with Crippen molar-refractivity contribution in [2.24, 2.45) is 4.99 Å². The number of benzene rings is 1. The first-order chi connectivity index (χ1) is 13.9. The van der Waals surface area contributed by atoms with Crippen molar-refractivity contribution in [3.63, 3.8) is 0 Å². The number of pyridine rings is 2. The molecule has 0 saturated heterocycles. The lowest BCUT2D eigenvalue weighted by Gasteiger charge is -2.30. The number of halogens is 1. The molecule has 3 rings (SSSR count). The number of hydrogen-bond donors (Lipinski definition) is 0. The van der Waals surface area contributed by atoms with E-state index >= 15 is 0 Å². The zero-order chi connectivity index (χ0) is 21.0. The number of rotatable bonds is 7. The van der Waals surface area contributed by atoms with Gasteiger partial charge in [0.05, 0.1) is 12.8 Å². The van der Waals surface area contributed by atoms with Gasteiger partial charge in [0.15, 0.2) is 8.24 Å². The Morgan fingerprint density at radius 3 is 2.69 bits per heavy atom. The lowest BCUT2D eigenvalue weighted by atomic mass is 10.2. The fraction of sp³-hybridized carbons (Fsp3) is 0.318. The minimum atomic E-state index is -2.67. The van der Waals surface area contributed by atoms with Gasteiger partial charge >= 0.3 is 0 Å². The summed E-state index contributed by atoms with van der Waals surface area (Å²) in [6, 6.07) is 12.5. The van der Waals surface area contributed by atoms with Crippen LogP contribution >= 0.6 is 0 Å². The highest BCUT2D eigenvalue weighted by atomic mass is 28.3. The van der Waals surface area contributed by atoms with Crippen LogP contribution in [-0.2, 0) is 0 Å². The summed E-state index contributed by atoms with van der Waals surface area (Å²) in [6.07, 6.45) is 4.61. The Balaban J connectivity index is 2.07. The van der Waals surface area contributed by atoms with Crippen molar-refractivity contribution < 1.29 is 9.13 Å². The van der Waals surface area contributed by atoms with Crippen LogP contribution in [0.2, 0.25) is 13.1 Å². The maximum atomic E-state index is 15.0. The molecule has 0 aliphatic rings. The van der Waals surface area contributed by atoms with Crippen molar-refractivity contribution in [2.45, 2.75) is 38.7 Å². The number of fused-ring (bicyclic) bond motifs is 1. The van der Waals surface area contributed by atoms with E-state index in [2.05, 4.69) is 9.98 Å². The fourth-order valence-corrected chi connectivity index (χ4v) is 6.18. The monoisotopic (exact) mass is 411 g/mol. The molecule has 0 aliphatic carbocycles. The topological polar surface area (TPSA) is 56.5 Å². The standard InChI is InChI=1S/C22H26FN3O2Si/c1-5-7-20(23)29(3,4)26-19-9-6-8-18(17(19)11-13-22(26)27)24-14-16-10-12-21(28-2)25-15-16/h6,8-15,20H,5,7H2,1-4H3. The summed E-state index contributed by atoms with van der Waals surface area (Å²) in [4.78, 5) is 21.5. The number of aromatic nitrogens is 2. The zero-order valence-electron chi connectivity index (χ0n) is 17.2. The Labute approximate surface area is 171 Å². The van der Waals surface area contributed by atoms with Crippen LogP contribution in [0.5, 0.6) is 5.88 Å². The van der Waals surface area contributed by atoms with Gasteiger partial charge in [-0.1, -0.05) is 19.4 Å². The molecule has 0 amide bonds. The summed E-state index contributed by atoms with van der Waals surface area (Å²) >= 11 is 0. The Morgan fingerprint density at radius 2 is 2.03 bits per heavy atom. The molecule has 0 aliphatic heterocycles. The Hall–Kier alpha value is -2.80. The van der Waals surface area contributed by atoms with Crippen LogP contribution in [-0.4, -0.2) is 36.6 Å². The van der Waals surface area contributed by atoms with Crippen LogP contribution in [0, 0.1) is 0 Å². The first-order valence-electron chi connectivity index (χ1n) is 9.72. The van der Waals surface area contributed by atoms with Gasteiger partial charge in [-0.25, -0.2) is 9.37 Å². The molecule has 7 heteroatoms. The first kappa shape index (κ1) is 20.9. The van der Waals surface area contributed by atoms with Gasteiger partial charge in [-0.2, -0.15) is 0 Å². The average Bonchev–Trinajstić information content (AvgIpc) is 2.72. The second-order valence-corrected chi connectivity index (χ2v) is 11.9. The van der Waals surface area contributed by atoms with E-state index in [1.807, 2.05) is 44.3 Å². The van der Waals surface area contributed by atoms with Crippen LogP contribution in [0.1, 0.15) is 25.3 Å². The minimum Gasteiger partial charge on any atom is -0.481 e. The molecule has 0 fully saturated rings. The minimum absolute atomic E-state index is 0.159. The van der Waals surface area contributed by atoms with E-state index in [4.69, 9.17) is 4.74 Å². The third-order valence-electron chi connectivity index (χ3n) is 5.12. The molecule has 3 aromatic rings. The van der Waals surface area contributed by atoms with Crippen molar-refractivity contribution >= 4 is 31.0 Å². The molecule has 0 N–H and O–H groups in total. The first-order valence-corrected chi connectivity index (χ1v) is 12.7. The van der Waals surface area contributed by atoms with E-state index in [1.54, 1.807) is 35.9 Å². The van der Waals surface area contributed by atoms with Gasteiger partial charge in [0.25, 0.3) is 0 Å². The maximum Gasteiger partial charge on any atom is 0.243 e. The summed E-state index contributed by atoms with van der Waals surface area (Å²) in [7, 11) is -1.10. The van der Waals surface area contributed by atoms with Gasteiger partial charge in [0, 0.05) is 41.0 Å². The second-order valence-electron chi connectivity index (χ2n) is 7.52. The molecule has 1 atom stereocenters. The van der Waals surface area contributed by atoms with Crippen LogP contribution in [0.3, 0.4) is 0 Å². The molecule has 5 nitrogen and oxygen atoms in total. The third kappa shape index (κ3) is 4.29. The van der Waals surface area contributed by atoms with Crippen molar-refractivity contribution in [3.05, 3.63) is 64.6 Å². The fourth-order valence-electron chi connectivity index (χ4n) is 3.44. The largest absolute Gasteiger partial charge is 0.481 e. The van der Waals surface area contributed by atoms with Gasteiger partial charge < -0.3 is 8.97 Å². The molecule has 0 bridgehead atoms. The number of hydrogen-bond acceptors (Lipinski definition) is 4. The van der Waals surface area contributed by atoms with E-state index in [9.17, 15) is 9.18 Å². The van der Waals surface area contributed by atoms with Gasteiger partial charge in [-0.3, -0.25) is 9.79 Å². The Morgan fingerprint density at radius 1 is 1.24 bits per heavy atom. The molecule has 29 heavy (non-hydrogen) atoms. The number of aliphatic imine (C=N–C) groups is 1. The molecule has 2 aromatic heterocycles. The number of nitrogens with zero attached hydrogens (tertiary/aromatic N) is 3. The van der Waals surface area contributed by atoms with Crippen LogP contribution in [0.15, 0.2) is 58.4 Å². The number of ether oxygens (including phenoxy) is 1. The molecular formula is C22H26FN3O2Si. The summed E-state index contributed by atoms with van der Waals surface area (Å²) in [5.41, 5.74) is 2.13. The molecule has 0 saturated carbocycles. The maximum absolute atomic E-state index is 15.0. The van der Waals surface area contributed by atoms with Crippen LogP contribution < -0.4 is 10.3 Å². The SMILES string of the molecule is CCCC(F)[Si](C)(C)n1c(=O)ccc2c(N=Cc3ccc(OC)nc3)cccc21. The van der Waals surface area contributed by atoms with E-state index < -0.39 is 14.0 Å². The quantitative estimate of drug-likeness (QED) is 0.411. The average molecular weight is 412 g/mol. The highest BCUT2D eigenvalue weighted by molar-refractivity contribution is 6.77.